The van der Waals surface area contributed by atoms with Crippen molar-refractivity contribution in [2.75, 3.05) is 0 Å². The van der Waals surface area contributed by atoms with E-state index in [0.29, 0.717) is 11.3 Å². The van der Waals surface area contributed by atoms with Crippen molar-refractivity contribution in [2.24, 2.45) is 0 Å². The Morgan fingerprint density at radius 2 is 1.80 bits per heavy atom. The summed E-state index contributed by atoms with van der Waals surface area (Å²) in [6.07, 6.45) is -2.98. The zero-order valence-electron chi connectivity index (χ0n) is 12.8. The van der Waals surface area contributed by atoms with Crippen LogP contribution in [0.1, 0.15) is 11.1 Å². The third kappa shape index (κ3) is 3.91. The highest BCUT2D eigenvalue weighted by Crippen LogP contribution is 2.31. The van der Waals surface area contributed by atoms with E-state index in [1.54, 1.807) is 12.1 Å². The summed E-state index contributed by atoms with van der Waals surface area (Å²) in [6.45, 7) is 0. The summed E-state index contributed by atoms with van der Waals surface area (Å²) in [6, 6.07) is 13.9. The lowest BCUT2D eigenvalue weighted by Crippen LogP contribution is -2.06. The van der Waals surface area contributed by atoms with Crippen molar-refractivity contribution in [3.63, 3.8) is 0 Å². The summed E-state index contributed by atoms with van der Waals surface area (Å²) >= 11 is 5.49. The summed E-state index contributed by atoms with van der Waals surface area (Å²) in [5.74, 6) is 0. The topological polar surface area (TPSA) is 34.9 Å². The summed E-state index contributed by atoms with van der Waals surface area (Å²) in [4.78, 5) is 11.3. The molecule has 0 spiro atoms. The lowest BCUT2D eigenvalue weighted by molar-refractivity contribution is -0.137. The lowest BCUT2D eigenvalue weighted by atomic mass is 10.1. The van der Waals surface area contributed by atoms with Crippen LogP contribution in [0.2, 0.25) is 0 Å². The number of carbonyl (C=O) groups is 1. The third-order valence-corrected chi connectivity index (χ3v) is 3.74. The van der Waals surface area contributed by atoms with Gasteiger partial charge in [0.1, 0.15) is 0 Å². The van der Waals surface area contributed by atoms with Crippen LogP contribution >= 0.6 is 11.6 Å². The average molecular weight is 365 g/mol. The number of aromatic nitrogens is 2. The van der Waals surface area contributed by atoms with Crippen molar-refractivity contribution >= 4 is 16.8 Å². The fourth-order valence-corrected chi connectivity index (χ4v) is 2.63. The minimum absolute atomic E-state index is 0.0647. The minimum Gasteiger partial charge on any atom is -0.281 e. The van der Waals surface area contributed by atoms with E-state index >= 15 is 0 Å². The molecular formula is C18H12ClF3N2O. The zero-order valence-corrected chi connectivity index (χ0v) is 13.6. The Labute approximate surface area is 146 Å². The van der Waals surface area contributed by atoms with Crippen LogP contribution < -0.4 is 0 Å². The van der Waals surface area contributed by atoms with Gasteiger partial charge in [-0.3, -0.25) is 4.79 Å². The Kier molecular flexibility index (Phi) is 4.63. The molecule has 3 nitrogen and oxygen atoms in total. The molecule has 0 fully saturated rings. The fourth-order valence-electron chi connectivity index (χ4n) is 2.48. The molecule has 0 bridgehead atoms. The highest BCUT2D eigenvalue weighted by molar-refractivity contribution is 6.63. The smallest absolute Gasteiger partial charge is 0.281 e. The molecule has 0 unspecified atom stereocenters. The number of hydrogen-bond acceptors (Lipinski definition) is 2. The summed E-state index contributed by atoms with van der Waals surface area (Å²) in [5.41, 5.74) is 1.29. The molecule has 0 N–H and O–H groups in total. The molecule has 0 aliphatic carbocycles. The molecule has 3 aromatic rings. The molecule has 25 heavy (non-hydrogen) atoms. The molecule has 1 aromatic heterocycles. The minimum atomic E-state index is -4.44. The SMILES string of the molecule is O=C(Cl)Cc1cn(-c2cccc(C(F)(F)F)c2)nc1-c1ccccc1. The van der Waals surface area contributed by atoms with Crippen molar-refractivity contribution < 1.29 is 18.0 Å². The zero-order chi connectivity index (χ0) is 18.0. The maximum absolute atomic E-state index is 12.9. The van der Waals surface area contributed by atoms with Gasteiger partial charge in [-0.15, -0.1) is 0 Å². The molecule has 0 aliphatic rings. The van der Waals surface area contributed by atoms with Gasteiger partial charge in [0.15, 0.2) is 0 Å². The van der Waals surface area contributed by atoms with Gasteiger partial charge in [0, 0.05) is 17.3 Å². The molecule has 0 aliphatic heterocycles. The van der Waals surface area contributed by atoms with E-state index in [1.807, 2.05) is 18.2 Å². The van der Waals surface area contributed by atoms with E-state index in [-0.39, 0.29) is 12.1 Å². The normalized spacial score (nSPS) is 11.5. The van der Waals surface area contributed by atoms with Crippen LogP contribution in [0, 0.1) is 0 Å². The number of nitrogens with zero attached hydrogens (tertiary/aromatic N) is 2. The van der Waals surface area contributed by atoms with Crippen molar-refractivity contribution in [2.45, 2.75) is 12.6 Å². The molecular weight excluding hydrogens is 353 g/mol. The number of alkyl halides is 3. The first-order valence-electron chi connectivity index (χ1n) is 7.34. The highest BCUT2D eigenvalue weighted by Gasteiger charge is 2.30. The summed E-state index contributed by atoms with van der Waals surface area (Å²) < 4.78 is 40.1. The summed E-state index contributed by atoms with van der Waals surface area (Å²) in [5, 5.41) is 3.80. The van der Waals surface area contributed by atoms with E-state index in [9.17, 15) is 18.0 Å². The maximum Gasteiger partial charge on any atom is 0.416 e. The van der Waals surface area contributed by atoms with Crippen LogP contribution in [-0.2, 0) is 17.4 Å². The Bertz CT molecular complexity index is 904. The van der Waals surface area contributed by atoms with Crippen LogP contribution in [0.15, 0.2) is 60.8 Å². The van der Waals surface area contributed by atoms with Crippen LogP contribution in [0.4, 0.5) is 13.2 Å². The number of benzene rings is 2. The van der Waals surface area contributed by atoms with E-state index in [2.05, 4.69) is 5.10 Å². The van der Waals surface area contributed by atoms with E-state index in [4.69, 9.17) is 11.6 Å². The number of hydrogen-bond donors (Lipinski definition) is 0. The van der Waals surface area contributed by atoms with Gasteiger partial charge in [-0.2, -0.15) is 18.3 Å². The molecule has 7 heteroatoms. The van der Waals surface area contributed by atoms with Crippen molar-refractivity contribution in [3.05, 3.63) is 71.9 Å². The lowest BCUT2D eigenvalue weighted by Gasteiger charge is -2.08. The Balaban J connectivity index is 2.09. The second-order valence-corrected chi connectivity index (χ2v) is 5.82. The predicted molar refractivity (Wildman–Crippen MR) is 88.6 cm³/mol. The average Bonchev–Trinajstić information content (AvgIpc) is 2.98. The molecule has 0 amide bonds. The maximum atomic E-state index is 12.9. The molecule has 0 atom stereocenters. The molecule has 128 valence electrons. The van der Waals surface area contributed by atoms with Gasteiger partial charge in [0.05, 0.1) is 23.4 Å². The van der Waals surface area contributed by atoms with Gasteiger partial charge in [-0.1, -0.05) is 36.4 Å². The molecule has 1 heterocycles. The van der Waals surface area contributed by atoms with Gasteiger partial charge >= 0.3 is 6.18 Å². The van der Waals surface area contributed by atoms with Gasteiger partial charge in [0.25, 0.3) is 0 Å². The Morgan fingerprint density at radius 3 is 2.44 bits per heavy atom. The number of halogens is 4. The van der Waals surface area contributed by atoms with Crippen molar-refractivity contribution in [1.29, 1.82) is 0 Å². The second kappa shape index (κ2) is 6.72. The fraction of sp³-hybridized carbons (Fsp3) is 0.111. The highest BCUT2D eigenvalue weighted by atomic mass is 35.5. The number of carbonyl (C=O) groups excluding carboxylic acids is 1. The van der Waals surface area contributed by atoms with Gasteiger partial charge < -0.3 is 0 Å². The van der Waals surface area contributed by atoms with Gasteiger partial charge in [-0.25, -0.2) is 4.68 Å². The summed E-state index contributed by atoms with van der Waals surface area (Å²) in [7, 11) is 0. The standard InChI is InChI=1S/C18H12ClF3N2O/c19-16(25)9-13-11-24(23-17(13)12-5-2-1-3-6-12)15-8-4-7-14(10-15)18(20,21)22/h1-8,10-11H,9H2. The van der Waals surface area contributed by atoms with Crippen molar-refractivity contribution in [1.82, 2.24) is 9.78 Å². The monoisotopic (exact) mass is 364 g/mol. The largest absolute Gasteiger partial charge is 0.416 e. The first kappa shape index (κ1) is 17.2. The molecule has 2 aromatic carbocycles. The predicted octanol–water partition coefficient (Wildman–Crippen LogP) is 4.87. The second-order valence-electron chi connectivity index (χ2n) is 5.39. The van der Waals surface area contributed by atoms with Crippen LogP contribution in [0.5, 0.6) is 0 Å². The quantitative estimate of drug-likeness (QED) is 0.619. The molecule has 0 radical (unpaired) electrons. The molecule has 0 saturated carbocycles. The van der Waals surface area contributed by atoms with E-state index < -0.39 is 17.0 Å². The molecule has 0 saturated heterocycles. The van der Waals surface area contributed by atoms with Gasteiger partial charge in [-0.05, 0) is 29.8 Å². The van der Waals surface area contributed by atoms with Crippen LogP contribution in [-0.4, -0.2) is 15.0 Å². The van der Waals surface area contributed by atoms with E-state index in [1.165, 1.54) is 23.0 Å². The Morgan fingerprint density at radius 1 is 1.08 bits per heavy atom. The van der Waals surface area contributed by atoms with Crippen LogP contribution in [0.3, 0.4) is 0 Å². The van der Waals surface area contributed by atoms with Crippen LogP contribution in [0.25, 0.3) is 16.9 Å². The van der Waals surface area contributed by atoms with Crippen molar-refractivity contribution in [3.8, 4) is 16.9 Å². The number of rotatable bonds is 4. The Hall–Kier alpha value is -2.60. The molecule has 3 rings (SSSR count). The van der Waals surface area contributed by atoms with Gasteiger partial charge in [0.2, 0.25) is 5.24 Å². The third-order valence-electron chi connectivity index (χ3n) is 3.60. The first-order valence-corrected chi connectivity index (χ1v) is 7.72. The first-order chi connectivity index (χ1) is 11.8. The van der Waals surface area contributed by atoms with E-state index in [0.717, 1.165) is 17.7 Å².